The van der Waals surface area contributed by atoms with Crippen molar-refractivity contribution < 1.29 is 19.2 Å². The fourth-order valence-electron chi connectivity index (χ4n) is 1.86. The van der Waals surface area contributed by atoms with E-state index in [1.807, 2.05) is 0 Å². The number of carbonyl (C=O) groups is 2. The van der Waals surface area contributed by atoms with Crippen molar-refractivity contribution in [3.05, 3.63) is 39.6 Å². The van der Waals surface area contributed by atoms with Crippen LogP contribution in [-0.4, -0.2) is 28.8 Å². The molecule has 0 atom stereocenters. The molecule has 0 unspecified atom stereocenters. The minimum atomic E-state index is -0.713. The van der Waals surface area contributed by atoms with Crippen LogP contribution in [0.4, 0.5) is 5.69 Å². The predicted molar refractivity (Wildman–Crippen MR) is 66.3 cm³/mol. The number of hydrogen-bond acceptors (Lipinski definition) is 5. The van der Waals surface area contributed by atoms with Gasteiger partial charge in [-0.05, 0) is 6.92 Å². The van der Waals surface area contributed by atoms with Gasteiger partial charge in [0.05, 0.1) is 17.1 Å². The highest BCUT2D eigenvalue weighted by molar-refractivity contribution is 6.09. The van der Waals surface area contributed by atoms with E-state index >= 15 is 0 Å². The maximum atomic E-state index is 11.7. The lowest BCUT2D eigenvalue weighted by atomic mass is 10.1. The zero-order valence-electron chi connectivity index (χ0n) is 10.0. The smallest absolute Gasteiger partial charge is 0.355 e. The molecule has 2 rings (SSSR count). The number of carbonyl (C=O) groups excluding carboxylic acids is 2. The van der Waals surface area contributed by atoms with Crippen molar-refractivity contribution in [3.8, 4) is 0 Å². The predicted octanol–water partition coefficient (Wildman–Crippen LogP) is 2.07. The van der Waals surface area contributed by atoms with Crippen molar-refractivity contribution in [1.29, 1.82) is 0 Å². The Balaban J connectivity index is 2.73. The Bertz CT molecular complexity index is 674. The Labute approximate surface area is 107 Å². The molecule has 98 valence electrons. The summed E-state index contributed by atoms with van der Waals surface area (Å²) in [5, 5.41) is 11.2. The van der Waals surface area contributed by atoms with Crippen molar-refractivity contribution in [2.45, 2.75) is 6.92 Å². The molecule has 0 aliphatic rings. The number of nitrogens with one attached hydrogen (secondary N) is 1. The van der Waals surface area contributed by atoms with E-state index in [0.717, 1.165) is 0 Å². The van der Waals surface area contributed by atoms with E-state index in [1.54, 1.807) is 6.92 Å². The number of nitro groups is 1. The molecule has 1 N–H and O–H groups in total. The topological polar surface area (TPSA) is 102 Å². The molecule has 0 spiro atoms. The molecule has 7 heteroatoms. The second kappa shape index (κ2) is 4.89. The normalized spacial score (nSPS) is 10.4. The third kappa shape index (κ3) is 2.05. The van der Waals surface area contributed by atoms with Gasteiger partial charge in [0.25, 0.3) is 5.69 Å². The molecule has 1 aromatic heterocycles. The van der Waals surface area contributed by atoms with Crippen LogP contribution in [0.3, 0.4) is 0 Å². The van der Waals surface area contributed by atoms with Gasteiger partial charge in [-0.15, -0.1) is 0 Å². The first-order chi connectivity index (χ1) is 9.10. The summed E-state index contributed by atoms with van der Waals surface area (Å²) in [5.74, 6) is -0.713. The summed E-state index contributed by atoms with van der Waals surface area (Å²) < 4.78 is 4.80. The second-order valence-corrected chi connectivity index (χ2v) is 3.71. The van der Waals surface area contributed by atoms with Crippen LogP contribution < -0.4 is 0 Å². The maximum Gasteiger partial charge on any atom is 0.355 e. The van der Waals surface area contributed by atoms with E-state index in [4.69, 9.17) is 4.74 Å². The average molecular weight is 262 g/mol. The number of benzene rings is 1. The number of H-pyrrole nitrogens is 1. The van der Waals surface area contributed by atoms with E-state index < -0.39 is 10.9 Å². The summed E-state index contributed by atoms with van der Waals surface area (Å²) in [6.45, 7) is 1.78. The average Bonchev–Trinajstić information content (AvgIpc) is 2.76. The molecule has 0 radical (unpaired) electrons. The van der Waals surface area contributed by atoms with Crippen molar-refractivity contribution in [2.24, 2.45) is 0 Å². The molecule has 0 saturated carbocycles. The quantitative estimate of drug-likeness (QED) is 0.393. The van der Waals surface area contributed by atoms with Gasteiger partial charge in [0, 0.05) is 11.5 Å². The molecule has 0 aliphatic carbocycles. The van der Waals surface area contributed by atoms with Crippen LogP contribution in [0.1, 0.15) is 27.8 Å². The van der Waals surface area contributed by atoms with E-state index in [2.05, 4.69) is 4.98 Å². The second-order valence-electron chi connectivity index (χ2n) is 3.71. The van der Waals surface area contributed by atoms with Crippen LogP contribution in [0.15, 0.2) is 18.2 Å². The van der Waals surface area contributed by atoms with Crippen LogP contribution in [0.5, 0.6) is 0 Å². The maximum absolute atomic E-state index is 11.7. The van der Waals surface area contributed by atoms with Gasteiger partial charge in [0.2, 0.25) is 0 Å². The van der Waals surface area contributed by atoms with Gasteiger partial charge >= 0.3 is 5.97 Å². The highest BCUT2D eigenvalue weighted by Crippen LogP contribution is 2.29. The lowest BCUT2D eigenvalue weighted by molar-refractivity contribution is -0.383. The molecular formula is C12H10N2O5. The molecule has 2 aromatic rings. The molecular weight excluding hydrogens is 252 g/mol. The Morgan fingerprint density at radius 2 is 2.26 bits per heavy atom. The molecule has 0 fully saturated rings. The molecule has 0 bridgehead atoms. The number of nitrogens with zero attached hydrogens (tertiary/aromatic N) is 1. The first kappa shape index (κ1) is 12.7. The summed E-state index contributed by atoms with van der Waals surface area (Å²) in [6.07, 6.45) is 0.481. The molecule has 1 heterocycles. The van der Waals surface area contributed by atoms with Crippen LogP contribution in [0, 0.1) is 10.1 Å². The van der Waals surface area contributed by atoms with E-state index in [-0.39, 0.29) is 29.1 Å². The van der Waals surface area contributed by atoms with Crippen molar-refractivity contribution >= 4 is 28.8 Å². The van der Waals surface area contributed by atoms with Gasteiger partial charge in [-0.2, -0.15) is 0 Å². The summed E-state index contributed by atoms with van der Waals surface area (Å²) in [5.41, 5.74) is -0.0629. The number of nitro benzene ring substituents is 1. The number of ether oxygens (including phenoxy) is 1. The summed E-state index contributed by atoms with van der Waals surface area (Å²) in [4.78, 5) is 35.7. The van der Waals surface area contributed by atoms with Gasteiger partial charge in [-0.3, -0.25) is 14.9 Å². The van der Waals surface area contributed by atoms with Crippen molar-refractivity contribution in [3.63, 3.8) is 0 Å². The number of aromatic amines is 1. The zero-order chi connectivity index (χ0) is 14.0. The van der Waals surface area contributed by atoms with Crippen molar-refractivity contribution in [1.82, 2.24) is 4.98 Å². The number of non-ortho nitro benzene ring substituents is 1. The summed E-state index contributed by atoms with van der Waals surface area (Å²) in [6, 6.07) is 4.28. The number of hydrogen-bond donors (Lipinski definition) is 1. The van der Waals surface area contributed by atoms with E-state index in [0.29, 0.717) is 11.7 Å². The van der Waals surface area contributed by atoms with Gasteiger partial charge in [-0.1, -0.05) is 12.1 Å². The third-order valence-corrected chi connectivity index (χ3v) is 2.65. The first-order valence-corrected chi connectivity index (χ1v) is 5.51. The fraction of sp³-hybridized carbons (Fsp3) is 0.167. The number of fused-ring (bicyclic) bond motifs is 1. The highest BCUT2D eigenvalue weighted by Gasteiger charge is 2.23. The van der Waals surface area contributed by atoms with E-state index in [9.17, 15) is 19.7 Å². The molecule has 1 aromatic carbocycles. The number of esters is 1. The molecule has 0 amide bonds. The van der Waals surface area contributed by atoms with E-state index in [1.165, 1.54) is 18.2 Å². The highest BCUT2D eigenvalue weighted by atomic mass is 16.6. The lowest BCUT2D eigenvalue weighted by Crippen LogP contribution is -2.07. The standard InChI is InChI=1S/C12H10N2O5/c1-2-19-12(16)11-8(6-15)7-4-3-5-9(14(17)18)10(7)13-11/h3-6,13H,2H2,1H3. The third-order valence-electron chi connectivity index (χ3n) is 2.65. The Morgan fingerprint density at radius 3 is 2.84 bits per heavy atom. The van der Waals surface area contributed by atoms with Crippen LogP contribution in [0.2, 0.25) is 0 Å². The van der Waals surface area contributed by atoms with Gasteiger partial charge in [0.1, 0.15) is 11.2 Å². The molecule has 0 saturated heterocycles. The monoisotopic (exact) mass is 262 g/mol. The van der Waals surface area contributed by atoms with Crippen LogP contribution in [-0.2, 0) is 4.74 Å². The number of aldehydes is 1. The van der Waals surface area contributed by atoms with Gasteiger partial charge < -0.3 is 9.72 Å². The zero-order valence-corrected chi connectivity index (χ0v) is 10.0. The first-order valence-electron chi connectivity index (χ1n) is 5.51. The van der Waals surface area contributed by atoms with Crippen LogP contribution in [0.25, 0.3) is 10.9 Å². The summed E-state index contributed by atoms with van der Waals surface area (Å²) >= 11 is 0. The van der Waals surface area contributed by atoms with Crippen LogP contribution >= 0.6 is 0 Å². The van der Waals surface area contributed by atoms with Crippen molar-refractivity contribution in [2.75, 3.05) is 6.61 Å². The largest absolute Gasteiger partial charge is 0.461 e. The minimum Gasteiger partial charge on any atom is -0.461 e. The minimum absolute atomic E-state index is 0.0668. The number of para-hydroxylation sites is 1. The molecule has 0 aliphatic heterocycles. The Morgan fingerprint density at radius 1 is 1.53 bits per heavy atom. The number of aromatic nitrogens is 1. The number of rotatable bonds is 4. The fourth-order valence-corrected chi connectivity index (χ4v) is 1.86. The molecule has 7 nitrogen and oxygen atoms in total. The lowest BCUT2D eigenvalue weighted by Gasteiger charge is -1.98. The molecule has 19 heavy (non-hydrogen) atoms. The van der Waals surface area contributed by atoms with Gasteiger partial charge in [0.15, 0.2) is 6.29 Å². The Kier molecular flexibility index (Phi) is 3.28. The Hall–Kier alpha value is -2.70. The SMILES string of the molecule is CCOC(=O)c1[nH]c2c([N+](=O)[O-])cccc2c1C=O. The summed E-state index contributed by atoms with van der Waals surface area (Å²) in [7, 11) is 0. The van der Waals surface area contributed by atoms with Gasteiger partial charge in [-0.25, -0.2) is 4.79 Å².